The summed E-state index contributed by atoms with van der Waals surface area (Å²) in [6.07, 6.45) is -4.48. The van der Waals surface area contributed by atoms with Gasteiger partial charge in [-0.25, -0.2) is 4.98 Å². The van der Waals surface area contributed by atoms with E-state index in [4.69, 9.17) is 5.73 Å². The molecule has 0 radical (unpaired) electrons. The standard InChI is InChI=1S/C25H23F3N4O/c1-15(2)32-21-13-12-19(25(26,27)28)14-20(21)30-24(32)31-23(33)22(29)18-10-8-17(9-11-18)16-6-4-3-5-7-16/h3-15,22H,29H2,1-2H3,(H,30,31,33). The molecule has 1 unspecified atom stereocenters. The molecule has 0 saturated heterocycles. The number of carbonyl (C=O) groups is 1. The summed E-state index contributed by atoms with van der Waals surface area (Å²) in [6, 6.07) is 19.4. The Kier molecular flexibility index (Phi) is 5.95. The molecule has 0 aliphatic heterocycles. The maximum Gasteiger partial charge on any atom is 0.416 e. The van der Waals surface area contributed by atoms with E-state index in [1.54, 1.807) is 16.7 Å². The van der Waals surface area contributed by atoms with E-state index in [9.17, 15) is 18.0 Å². The van der Waals surface area contributed by atoms with Crippen molar-refractivity contribution < 1.29 is 18.0 Å². The maximum absolute atomic E-state index is 13.1. The van der Waals surface area contributed by atoms with Crippen LogP contribution in [0.4, 0.5) is 19.1 Å². The van der Waals surface area contributed by atoms with Gasteiger partial charge in [-0.05, 0) is 48.7 Å². The molecule has 4 rings (SSSR count). The largest absolute Gasteiger partial charge is 0.416 e. The van der Waals surface area contributed by atoms with Crippen LogP contribution >= 0.6 is 0 Å². The number of aromatic nitrogens is 2. The van der Waals surface area contributed by atoms with Gasteiger partial charge in [0.05, 0.1) is 16.6 Å². The zero-order valence-corrected chi connectivity index (χ0v) is 18.1. The highest BCUT2D eigenvalue weighted by Gasteiger charge is 2.31. The van der Waals surface area contributed by atoms with Gasteiger partial charge in [0, 0.05) is 6.04 Å². The van der Waals surface area contributed by atoms with Gasteiger partial charge in [-0.2, -0.15) is 13.2 Å². The number of rotatable bonds is 5. The van der Waals surface area contributed by atoms with Crippen molar-refractivity contribution in [3.05, 3.63) is 83.9 Å². The Bertz CT molecular complexity index is 1280. The summed E-state index contributed by atoms with van der Waals surface area (Å²) in [4.78, 5) is 17.1. The number of hydrogen-bond donors (Lipinski definition) is 2. The molecule has 0 aliphatic carbocycles. The van der Waals surface area contributed by atoms with Crippen molar-refractivity contribution in [2.75, 3.05) is 5.32 Å². The number of halogens is 3. The molecule has 5 nitrogen and oxygen atoms in total. The highest BCUT2D eigenvalue weighted by Crippen LogP contribution is 2.33. The third-order valence-electron chi connectivity index (χ3n) is 5.43. The van der Waals surface area contributed by atoms with Crippen LogP contribution in [0.5, 0.6) is 0 Å². The van der Waals surface area contributed by atoms with Gasteiger partial charge in [-0.1, -0.05) is 54.6 Å². The van der Waals surface area contributed by atoms with Gasteiger partial charge >= 0.3 is 6.18 Å². The Morgan fingerprint density at radius 3 is 2.21 bits per heavy atom. The molecule has 33 heavy (non-hydrogen) atoms. The smallest absolute Gasteiger partial charge is 0.316 e. The fourth-order valence-corrected chi connectivity index (χ4v) is 3.74. The van der Waals surface area contributed by atoms with E-state index in [-0.39, 0.29) is 17.5 Å². The SMILES string of the molecule is CC(C)n1c(NC(=O)C(N)c2ccc(-c3ccccc3)cc2)nc2cc(C(F)(F)F)ccc21. The van der Waals surface area contributed by atoms with Gasteiger partial charge in [0.25, 0.3) is 0 Å². The minimum atomic E-state index is -4.48. The lowest BCUT2D eigenvalue weighted by molar-refractivity contribution is -0.137. The lowest BCUT2D eigenvalue weighted by Crippen LogP contribution is -2.29. The van der Waals surface area contributed by atoms with Gasteiger partial charge in [0.15, 0.2) is 0 Å². The zero-order valence-electron chi connectivity index (χ0n) is 18.1. The minimum absolute atomic E-state index is 0.148. The maximum atomic E-state index is 13.1. The highest BCUT2D eigenvalue weighted by molar-refractivity contribution is 5.96. The van der Waals surface area contributed by atoms with Crippen LogP contribution < -0.4 is 11.1 Å². The molecule has 0 aliphatic rings. The molecule has 3 aromatic carbocycles. The quantitative estimate of drug-likeness (QED) is 0.394. The van der Waals surface area contributed by atoms with Crippen molar-refractivity contribution in [1.29, 1.82) is 0 Å². The van der Waals surface area contributed by atoms with E-state index in [2.05, 4.69) is 10.3 Å². The Morgan fingerprint density at radius 2 is 1.61 bits per heavy atom. The molecule has 0 bridgehead atoms. The molecule has 3 N–H and O–H groups in total. The van der Waals surface area contributed by atoms with Crippen LogP contribution in [-0.4, -0.2) is 15.5 Å². The molecular formula is C25H23F3N4O. The van der Waals surface area contributed by atoms with E-state index < -0.39 is 23.7 Å². The summed E-state index contributed by atoms with van der Waals surface area (Å²) >= 11 is 0. The molecule has 4 aromatic rings. The fourth-order valence-electron chi connectivity index (χ4n) is 3.74. The monoisotopic (exact) mass is 452 g/mol. The minimum Gasteiger partial charge on any atom is -0.316 e. The van der Waals surface area contributed by atoms with Crippen LogP contribution in [0.3, 0.4) is 0 Å². The Labute approximate surface area is 189 Å². The predicted octanol–water partition coefficient (Wildman–Crippen LogP) is 5.94. The number of carbonyl (C=O) groups excluding carboxylic acids is 1. The second-order valence-electron chi connectivity index (χ2n) is 8.06. The Hall–Kier alpha value is -3.65. The van der Waals surface area contributed by atoms with Crippen molar-refractivity contribution in [1.82, 2.24) is 9.55 Å². The average Bonchev–Trinajstić information content (AvgIpc) is 3.16. The number of hydrogen-bond acceptors (Lipinski definition) is 3. The molecule has 0 saturated carbocycles. The first-order valence-corrected chi connectivity index (χ1v) is 10.5. The summed E-state index contributed by atoms with van der Waals surface area (Å²) in [7, 11) is 0. The number of imidazole rings is 1. The molecule has 1 aromatic heterocycles. The third kappa shape index (κ3) is 4.61. The van der Waals surface area contributed by atoms with Crippen molar-refractivity contribution in [3.8, 4) is 11.1 Å². The fraction of sp³-hybridized carbons (Fsp3) is 0.200. The van der Waals surface area contributed by atoms with Gasteiger partial charge < -0.3 is 10.3 Å². The first-order chi connectivity index (χ1) is 15.6. The normalized spacial score (nSPS) is 12.8. The van der Waals surface area contributed by atoms with Crippen molar-refractivity contribution >= 4 is 22.9 Å². The van der Waals surface area contributed by atoms with Gasteiger partial charge in [0.2, 0.25) is 11.9 Å². The van der Waals surface area contributed by atoms with Crippen molar-refractivity contribution in [2.24, 2.45) is 5.73 Å². The van der Waals surface area contributed by atoms with Crippen LogP contribution in [0, 0.1) is 0 Å². The highest BCUT2D eigenvalue weighted by atomic mass is 19.4. The third-order valence-corrected chi connectivity index (χ3v) is 5.43. The number of amides is 1. The predicted molar refractivity (Wildman–Crippen MR) is 123 cm³/mol. The van der Waals surface area contributed by atoms with E-state index >= 15 is 0 Å². The molecule has 1 atom stereocenters. The zero-order chi connectivity index (χ0) is 23.8. The Balaban J connectivity index is 1.59. The second-order valence-corrected chi connectivity index (χ2v) is 8.06. The number of nitrogens with one attached hydrogen (secondary N) is 1. The van der Waals surface area contributed by atoms with Gasteiger partial charge in [-0.15, -0.1) is 0 Å². The van der Waals surface area contributed by atoms with Gasteiger partial charge in [0.1, 0.15) is 6.04 Å². The molecular weight excluding hydrogens is 429 g/mol. The van der Waals surface area contributed by atoms with E-state index in [1.165, 1.54) is 6.07 Å². The van der Waals surface area contributed by atoms with E-state index in [0.717, 1.165) is 23.3 Å². The Morgan fingerprint density at radius 1 is 0.970 bits per heavy atom. The lowest BCUT2D eigenvalue weighted by Gasteiger charge is -2.16. The van der Waals surface area contributed by atoms with Crippen LogP contribution in [0.2, 0.25) is 0 Å². The first kappa shape index (κ1) is 22.5. The summed E-state index contributed by atoms with van der Waals surface area (Å²) in [5, 5.41) is 2.69. The van der Waals surface area contributed by atoms with Gasteiger partial charge in [-0.3, -0.25) is 10.1 Å². The van der Waals surface area contributed by atoms with Crippen molar-refractivity contribution in [3.63, 3.8) is 0 Å². The number of alkyl halides is 3. The first-order valence-electron chi connectivity index (χ1n) is 10.5. The molecule has 1 amide bonds. The summed E-state index contributed by atoms with van der Waals surface area (Å²) < 4.78 is 41.0. The number of benzene rings is 3. The lowest BCUT2D eigenvalue weighted by atomic mass is 10.0. The number of nitrogens with zero attached hydrogens (tertiary/aromatic N) is 2. The van der Waals surface area contributed by atoms with E-state index in [1.807, 2.05) is 56.3 Å². The number of nitrogens with two attached hydrogens (primary N) is 1. The number of fused-ring (bicyclic) bond motifs is 1. The molecule has 1 heterocycles. The molecule has 8 heteroatoms. The average molecular weight is 452 g/mol. The van der Waals surface area contributed by atoms with Crippen molar-refractivity contribution in [2.45, 2.75) is 32.1 Å². The van der Waals surface area contributed by atoms with Crippen LogP contribution in [0.25, 0.3) is 22.2 Å². The second kappa shape index (κ2) is 8.71. The van der Waals surface area contributed by atoms with Crippen LogP contribution in [-0.2, 0) is 11.0 Å². The summed E-state index contributed by atoms with van der Waals surface area (Å²) in [5.74, 6) is -0.351. The molecule has 170 valence electrons. The molecule has 0 spiro atoms. The van der Waals surface area contributed by atoms with Crippen LogP contribution in [0.15, 0.2) is 72.8 Å². The topological polar surface area (TPSA) is 72.9 Å². The summed E-state index contributed by atoms with van der Waals surface area (Å²) in [5.41, 5.74) is 8.68. The number of anilines is 1. The summed E-state index contributed by atoms with van der Waals surface area (Å²) in [6.45, 7) is 3.72. The van der Waals surface area contributed by atoms with E-state index in [0.29, 0.717) is 11.1 Å². The van der Waals surface area contributed by atoms with Crippen LogP contribution in [0.1, 0.15) is 37.1 Å². The molecule has 0 fully saturated rings.